The zero-order chi connectivity index (χ0) is 10.9. The van der Waals surface area contributed by atoms with Crippen LogP contribution in [0.25, 0.3) is 0 Å². The summed E-state index contributed by atoms with van der Waals surface area (Å²) in [6.45, 7) is 2.49. The van der Waals surface area contributed by atoms with E-state index in [0.29, 0.717) is 6.61 Å². The minimum Gasteiger partial charge on any atom is -0.396 e. The van der Waals surface area contributed by atoms with Gasteiger partial charge in [0, 0.05) is 11.1 Å². The largest absolute Gasteiger partial charge is 0.396 e. The van der Waals surface area contributed by atoms with Gasteiger partial charge in [0.05, 0.1) is 0 Å². The van der Waals surface area contributed by atoms with Crippen LogP contribution in [0.5, 0.6) is 0 Å². The van der Waals surface area contributed by atoms with Gasteiger partial charge >= 0.3 is 0 Å². The number of rotatable bonds is 4. The van der Waals surface area contributed by atoms with Crippen LogP contribution in [-0.4, -0.2) is 11.7 Å². The lowest BCUT2D eigenvalue weighted by Crippen LogP contribution is -2.26. The Labute approximate surface area is 99.6 Å². The van der Waals surface area contributed by atoms with Gasteiger partial charge in [-0.2, -0.15) is 0 Å². The molecule has 1 fully saturated rings. The molecule has 0 saturated heterocycles. The highest BCUT2D eigenvalue weighted by molar-refractivity contribution is 9.10. The van der Waals surface area contributed by atoms with Crippen molar-refractivity contribution in [2.45, 2.75) is 26.2 Å². The van der Waals surface area contributed by atoms with E-state index in [1.807, 2.05) is 6.07 Å². The van der Waals surface area contributed by atoms with Crippen LogP contribution in [0.3, 0.4) is 0 Å². The second-order valence-corrected chi connectivity index (χ2v) is 5.71. The van der Waals surface area contributed by atoms with Crippen molar-refractivity contribution < 1.29 is 5.11 Å². The molecule has 1 aliphatic carbocycles. The van der Waals surface area contributed by atoms with Gasteiger partial charge in [-0.05, 0) is 42.2 Å². The third kappa shape index (κ3) is 2.43. The molecule has 1 aromatic rings. The Morgan fingerprint density at radius 2 is 2.07 bits per heavy atom. The van der Waals surface area contributed by atoms with Gasteiger partial charge in [-0.1, -0.05) is 41.1 Å². The van der Waals surface area contributed by atoms with E-state index in [4.69, 9.17) is 0 Å². The van der Waals surface area contributed by atoms with Crippen LogP contribution in [0.15, 0.2) is 28.7 Å². The molecule has 0 aliphatic heterocycles. The molecule has 1 aromatic carbocycles. The summed E-state index contributed by atoms with van der Waals surface area (Å²) in [5.74, 6) is 0.717. The zero-order valence-electron chi connectivity index (χ0n) is 9.04. The fourth-order valence-corrected chi connectivity index (χ4v) is 2.61. The average molecular weight is 269 g/mol. The number of hydrogen-bond donors (Lipinski definition) is 1. The van der Waals surface area contributed by atoms with Gasteiger partial charge in [-0.25, -0.2) is 0 Å². The van der Waals surface area contributed by atoms with Crippen LogP contribution < -0.4 is 0 Å². The van der Waals surface area contributed by atoms with Gasteiger partial charge in [0.1, 0.15) is 0 Å². The van der Waals surface area contributed by atoms with Crippen molar-refractivity contribution in [2.24, 2.45) is 11.3 Å². The Bertz CT molecular complexity index is 346. The zero-order valence-corrected chi connectivity index (χ0v) is 10.6. The van der Waals surface area contributed by atoms with E-state index in [2.05, 4.69) is 41.1 Å². The first kappa shape index (κ1) is 11.2. The van der Waals surface area contributed by atoms with Gasteiger partial charge in [0.25, 0.3) is 0 Å². The molecule has 0 heterocycles. The van der Waals surface area contributed by atoms with Crippen LogP contribution in [0, 0.1) is 11.3 Å². The van der Waals surface area contributed by atoms with Crippen LogP contribution in [0.1, 0.15) is 25.3 Å². The monoisotopic (exact) mass is 268 g/mol. The summed E-state index contributed by atoms with van der Waals surface area (Å²) in [6, 6.07) is 8.30. The second kappa shape index (κ2) is 4.26. The van der Waals surface area contributed by atoms with E-state index in [-0.39, 0.29) is 5.41 Å². The molecule has 2 rings (SSSR count). The van der Waals surface area contributed by atoms with E-state index < -0.39 is 0 Å². The highest BCUT2D eigenvalue weighted by Crippen LogP contribution is 2.47. The fraction of sp³-hybridized carbons (Fsp3) is 0.538. The molecule has 0 spiro atoms. The van der Waals surface area contributed by atoms with Crippen LogP contribution in [0.2, 0.25) is 0 Å². The van der Waals surface area contributed by atoms with Crippen molar-refractivity contribution in [2.75, 3.05) is 6.61 Å². The lowest BCUT2D eigenvalue weighted by molar-refractivity contribution is 0.119. The molecule has 2 heteroatoms. The maximum atomic E-state index is 9.53. The molecule has 1 N–H and O–H groups in total. The Morgan fingerprint density at radius 1 is 1.40 bits per heavy atom. The van der Waals surface area contributed by atoms with Crippen molar-refractivity contribution in [3.05, 3.63) is 34.3 Å². The summed E-state index contributed by atoms with van der Waals surface area (Å²) < 4.78 is 1.16. The average Bonchev–Trinajstić information content (AvgIpc) is 3.05. The van der Waals surface area contributed by atoms with Gasteiger partial charge in [0.15, 0.2) is 0 Å². The Morgan fingerprint density at radius 3 is 2.60 bits per heavy atom. The van der Waals surface area contributed by atoms with Crippen LogP contribution in [-0.2, 0) is 6.42 Å². The maximum absolute atomic E-state index is 9.53. The summed E-state index contributed by atoms with van der Waals surface area (Å²) in [5, 5.41) is 9.53. The van der Waals surface area contributed by atoms with E-state index in [1.165, 1.54) is 18.4 Å². The molecule has 0 bridgehead atoms. The number of halogens is 1. The maximum Gasteiger partial charge on any atom is 0.0490 e. The Balaban J connectivity index is 2.16. The van der Waals surface area contributed by atoms with Gasteiger partial charge in [-0.3, -0.25) is 0 Å². The third-order valence-corrected chi connectivity index (χ3v) is 4.25. The van der Waals surface area contributed by atoms with Crippen molar-refractivity contribution in [3.63, 3.8) is 0 Å². The molecule has 1 saturated carbocycles. The Kier molecular flexibility index (Phi) is 3.17. The third-order valence-electron chi connectivity index (χ3n) is 3.48. The first-order valence-electron chi connectivity index (χ1n) is 5.50. The highest BCUT2D eigenvalue weighted by atomic mass is 79.9. The SMILES string of the molecule is CC(CO)(Cc1ccccc1Br)C1CC1. The van der Waals surface area contributed by atoms with Crippen molar-refractivity contribution in [3.8, 4) is 0 Å². The minimum absolute atomic E-state index is 0.0733. The molecular weight excluding hydrogens is 252 g/mol. The fourth-order valence-electron chi connectivity index (χ4n) is 2.19. The first-order valence-corrected chi connectivity index (χ1v) is 6.29. The number of hydrogen-bond acceptors (Lipinski definition) is 1. The molecule has 0 aromatic heterocycles. The molecular formula is C13H17BrO. The normalized spacial score (nSPS) is 19.9. The molecule has 0 radical (unpaired) electrons. The smallest absolute Gasteiger partial charge is 0.0490 e. The van der Waals surface area contributed by atoms with Crippen LogP contribution in [0.4, 0.5) is 0 Å². The van der Waals surface area contributed by atoms with Gasteiger partial charge in [0.2, 0.25) is 0 Å². The molecule has 1 nitrogen and oxygen atoms in total. The van der Waals surface area contributed by atoms with Crippen molar-refractivity contribution in [1.29, 1.82) is 0 Å². The van der Waals surface area contributed by atoms with Crippen molar-refractivity contribution >= 4 is 15.9 Å². The van der Waals surface area contributed by atoms with E-state index in [9.17, 15) is 5.11 Å². The second-order valence-electron chi connectivity index (χ2n) is 4.85. The Hall–Kier alpha value is -0.340. The predicted octanol–water partition coefficient (Wildman–Crippen LogP) is 3.40. The van der Waals surface area contributed by atoms with E-state index in [1.54, 1.807) is 0 Å². The van der Waals surface area contributed by atoms with Crippen molar-refractivity contribution in [1.82, 2.24) is 0 Å². The molecule has 1 unspecified atom stereocenters. The molecule has 15 heavy (non-hydrogen) atoms. The van der Waals surface area contributed by atoms with Gasteiger partial charge in [-0.15, -0.1) is 0 Å². The lowest BCUT2D eigenvalue weighted by atomic mass is 9.80. The van der Waals surface area contributed by atoms with E-state index in [0.717, 1.165) is 16.8 Å². The molecule has 82 valence electrons. The topological polar surface area (TPSA) is 20.2 Å². The number of benzene rings is 1. The van der Waals surface area contributed by atoms with Crippen LogP contribution >= 0.6 is 15.9 Å². The van der Waals surface area contributed by atoms with E-state index >= 15 is 0 Å². The standard InChI is InChI=1S/C13H17BrO/c1-13(9-15,11-6-7-11)8-10-4-2-3-5-12(10)14/h2-5,11,15H,6-9H2,1H3. The molecule has 1 atom stereocenters. The first-order chi connectivity index (χ1) is 7.15. The summed E-state index contributed by atoms with van der Waals surface area (Å²) in [6.07, 6.45) is 3.53. The lowest BCUT2D eigenvalue weighted by Gasteiger charge is -2.27. The number of aliphatic hydroxyl groups is 1. The summed E-state index contributed by atoms with van der Waals surface area (Å²) >= 11 is 3.57. The summed E-state index contributed by atoms with van der Waals surface area (Å²) in [7, 11) is 0. The number of aliphatic hydroxyl groups excluding tert-OH is 1. The summed E-state index contributed by atoms with van der Waals surface area (Å²) in [4.78, 5) is 0. The predicted molar refractivity (Wildman–Crippen MR) is 65.8 cm³/mol. The highest BCUT2D eigenvalue weighted by Gasteiger charge is 2.41. The minimum atomic E-state index is 0.0733. The molecule has 0 amide bonds. The molecule has 1 aliphatic rings. The van der Waals surface area contributed by atoms with Gasteiger partial charge < -0.3 is 5.11 Å². The summed E-state index contributed by atoms with van der Waals surface area (Å²) in [5.41, 5.74) is 1.38. The quantitative estimate of drug-likeness (QED) is 0.888.